The maximum atomic E-state index is 12.9. The van der Waals surface area contributed by atoms with Crippen molar-refractivity contribution in [1.29, 1.82) is 0 Å². The third-order valence-corrected chi connectivity index (χ3v) is 4.53. The van der Waals surface area contributed by atoms with Gasteiger partial charge in [-0.2, -0.15) is 0 Å². The van der Waals surface area contributed by atoms with Gasteiger partial charge in [0.15, 0.2) is 11.2 Å². The van der Waals surface area contributed by atoms with Gasteiger partial charge in [0.2, 0.25) is 0 Å². The fraction of sp³-hybridized carbons (Fsp3) is 0.421. The third-order valence-electron chi connectivity index (χ3n) is 4.53. The second-order valence-corrected chi connectivity index (χ2v) is 6.39. The van der Waals surface area contributed by atoms with Crippen molar-refractivity contribution in [3.8, 4) is 0 Å². The van der Waals surface area contributed by atoms with Crippen LogP contribution in [0.2, 0.25) is 0 Å². The molecule has 0 amide bonds. The standard InChI is InChI=1S/C19H24N4O2/c1-3-4-5-9-12-23-18(24)16-17(21(2)19(23)25)20-14-22(16)13-15-10-7-6-8-11-15/h6-8,10-11,14H,3-5,9,12-13H2,1-2H3. The summed E-state index contributed by atoms with van der Waals surface area (Å²) in [6.07, 6.45) is 5.73. The first-order chi connectivity index (χ1) is 12.1. The molecule has 2 heterocycles. The molecule has 6 nitrogen and oxygen atoms in total. The van der Waals surface area contributed by atoms with Crippen molar-refractivity contribution in [3.05, 3.63) is 63.1 Å². The van der Waals surface area contributed by atoms with Gasteiger partial charge in [0.1, 0.15) is 0 Å². The van der Waals surface area contributed by atoms with Gasteiger partial charge in [-0.25, -0.2) is 9.78 Å². The predicted molar refractivity (Wildman–Crippen MR) is 98.9 cm³/mol. The minimum atomic E-state index is -0.293. The Balaban J connectivity index is 2.02. The van der Waals surface area contributed by atoms with Crippen LogP contribution in [0.25, 0.3) is 11.2 Å². The molecule has 6 heteroatoms. The zero-order valence-electron chi connectivity index (χ0n) is 14.8. The van der Waals surface area contributed by atoms with E-state index in [4.69, 9.17) is 0 Å². The number of benzene rings is 1. The summed E-state index contributed by atoms with van der Waals surface area (Å²) in [7, 11) is 1.67. The van der Waals surface area contributed by atoms with Gasteiger partial charge in [-0.05, 0) is 12.0 Å². The van der Waals surface area contributed by atoms with E-state index in [2.05, 4.69) is 11.9 Å². The Morgan fingerprint density at radius 1 is 1.04 bits per heavy atom. The minimum absolute atomic E-state index is 0.247. The lowest BCUT2D eigenvalue weighted by Crippen LogP contribution is -2.39. The average molecular weight is 340 g/mol. The van der Waals surface area contributed by atoms with Crippen LogP contribution in [0.4, 0.5) is 0 Å². The Morgan fingerprint density at radius 2 is 1.80 bits per heavy atom. The maximum Gasteiger partial charge on any atom is 0.332 e. The van der Waals surface area contributed by atoms with Crippen LogP contribution in [-0.2, 0) is 20.1 Å². The van der Waals surface area contributed by atoms with Crippen molar-refractivity contribution in [2.75, 3.05) is 0 Å². The molecule has 0 aliphatic carbocycles. The molecule has 0 saturated carbocycles. The lowest BCUT2D eigenvalue weighted by atomic mass is 10.2. The van der Waals surface area contributed by atoms with Crippen LogP contribution in [0.3, 0.4) is 0 Å². The number of unbranched alkanes of at least 4 members (excludes halogenated alkanes) is 3. The van der Waals surface area contributed by atoms with Gasteiger partial charge in [-0.1, -0.05) is 56.5 Å². The fourth-order valence-corrected chi connectivity index (χ4v) is 3.12. The van der Waals surface area contributed by atoms with Crippen molar-refractivity contribution in [2.45, 2.75) is 45.7 Å². The summed E-state index contributed by atoms with van der Waals surface area (Å²) in [6, 6.07) is 9.92. The molecule has 0 atom stereocenters. The van der Waals surface area contributed by atoms with Crippen molar-refractivity contribution in [3.63, 3.8) is 0 Å². The van der Waals surface area contributed by atoms with Gasteiger partial charge in [-0.15, -0.1) is 0 Å². The highest BCUT2D eigenvalue weighted by molar-refractivity contribution is 5.70. The van der Waals surface area contributed by atoms with Gasteiger partial charge >= 0.3 is 5.69 Å². The number of aromatic nitrogens is 4. The van der Waals surface area contributed by atoms with E-state index < -0.39 is 0 Å². The second-order valence-electron chi connectivity index (χ2n) is 6.39. The summed E-state index contributed by atoms with van der Waals surface area (Å²) in [4.78, 5) is 29.7. The summed E-state index contributed by atoms with van der Waals surface area (Å²) in [6.45, 7) is 3.15. The van der Waals surface area contributed by atoms with E-state index in [1.54, 1.807) is 13.4 Å². The molecule has 0 radical (unpaired) electrons. The van der Waals surface area contributed by atoms with Gasteiger partial charge < -0.3 is 4.57 Å². The summed E-state index contributed by atoms with van der Waals surface area (Å²) in [5.74, 6) is 0. The molecule has 0 bridgehead atoms. The first-order valence-electron chi connectivity index (χ1n) is 8.82. The molecular formula is C19H24N4O2. The Labute approximate surface area is 146 Å². The quantitative estimate of drug-likeness (QED) is 0.621. The highest BCUT2D eigenvalue weighted by atomic mass is 16.2. The molecule has 3 aromatic rings. The molecule has 0 fully saturated rings. The molecule has 0 spiro atoms. The molecule has 25 heavy (non-hydrogen) atoms. The van der Waals surface area contributed by atoms with Crippen LogP contribution in [0.15, 0.2) is 46.2 Å². The fourth-order valence-electron chi connectivity index (χ4n) is 3.12. The zero-order valence-corrected chi connectivity index (χ0v) is 14.8. The van der Waals surface area contributed by atoms with Crippen LogP contribution >= 0.6 is 0 Å². The highest BCUT2D eigenvalue weighted by Crippen LogP contribution is 2.10. The Hall–Kier alpha value is -2.63. The minimum Gasteiger partial charge on any atom is -0.320 e. The number of imidazole rings is 1. The number of hydrogen-bond acceptors (Lipinski definition) is 3. The number of aryl methyl sites for hydroxylation is 1. The molecule has 0 unspecified atom stereocenters. The van der Waals surface area contributed by atoms with Crippen molar-refractivity contribution >= 4 is 11.2 Å². The van der Waals surface area contributed by atoms with Gasteiger partial charge in [0, 0.05) is 20.1 Å². The van der Waals surface area contributed by atoms with E-state index in [0.717, 1.165) is 31.2 Å². The zero-order chi connectivity index (χ0) is 17.8. The molecule has 1 aromatic carbocycles. The lowest BCUT2D eigenvalue weighted by molar-refractivity contribution is 0.538. The van der Waals surface area contributed by atoms with Gasteiger partial charge in [0.05, 0.1) is 6.33 Å². The number of fused-ring (bicyclic) bond motifs is 1. The first-order valence-corrected chi connectivity index (χ1v) is 8.82. The van der Waals surface area contributed by atoms with E-state index in [1.165, 1.54) is 9.13 Å². The number of nitrogens with zero attached hydrogens (tertiary/aromatic N) is 4. The topological polar surface area (TPSA) is 61.8 Å². The molecule has 0 N–H and O–H groups in total. The van der Waals surface area contributed by atoms with E-state index in [9.17, 15) is 9.59 Å². The van der Waals surface area contributed by atoms with Gasteiger partial charge in [0.25, 0.3) is 5.56 Å². The molecule has 2 aromatic heterocycles. The molecule has 0 aliphatic heterocycles. The first kappa shape index (κ1) is 17.2. The second kappa shape index (κ2) is 7.51. The summed E-state index contributed by atoms with van der Waals surface area (Å²) < 4.78 is 4.65. The van der Waals surface area contributed by atoms with Crippen LogP contribution < -0.4 is 11.2 Å². The summed E-state index contributed by atoms with van der Waals surface area (Å²) in [5.41, 5.74) is 1.48. The number of hydrogen-bond donors (Lipinski definition) is 0. The third kappa shape index (κ3) is 3.43. The molecule has 132 valence electrons. The van der Waals surface area contributed by atoms with Crippen molar-refractivity contribution in [1.82, 2.24) is 18.7 Å². The lowest BCUT2D eigenvalue weighted by Gasteiger charge is -2.10. The Bertz CT molecular complexity index is 967. The number of rotatable bonds is 7. The smallest absolute Gasteiger partial charge is 0.320 e. The van der Waals surface area contributed by atoms with Crippen LogP contribution in [0.1, 0.15) is 38.2 Å². The van der Waals surface area contributed by atoms with E-state index >= 15 is 0 Å². The van der Waals surface area contributed by atoms with Gasteiger partial charge in [-0.3, -0.25) is 13.9 Å². The van der Waals surface area contributed by atoms with Crippen molar-refractivity contribution in [2.24, 2.45) is 7.05 Å². The Kier molecular flexibility index (Phi) is 5.16. The highest BCUT2D eigenvalue weighted by Gasteiger charge is 2.16. The molecule has 3 rings (SSSR count). The normalized spacial score (nSPS) is 11.3. The SMILES string of the molecule is CCCCCCn1c(=O)c2c(ncn2Cc2ccccc2)n(C)c1=O. The van der Waals surface area contributed by atoms with E-state index in [0.29, 0.717) is 24.3 Å². The predicted octanol–water partition coefficient (Wildman–Crippen LogP) is 2.53. The largest absolute Gasteiger partial charge is 0.332 e. The molecule has 0 saturated heterocycles. The van der Waals surface area contributed by atoms with Crippen LogP contribution in [0.5, 0.6) is 0 Å². The van der Waals surface area contributed by atoms with E-state index in [-0.39, 0.29) is 11.2 Å². The summed E-state index contributed by atoms with van der Waals surface area (Å²) in [5, 5.41) is 0. The van der Waals surface area contributed by atoms with E-state index in [1.807, 2.05) is 34.9 Å². The Morgan fingerprint density at radius 3 is 2.52 bits per heavy atom. The maximum absolute atomic E-state index is 12.9. The summed E-state index contributed by atoms with van der Waals surface area (Å²) >= 11 is 0. The van der Waals surface area contributed by atoms with Crippen LogP contribution in [-0.4, -0.2) is 18.7 Å². The monoisotopic (exact) mass is 340 g/mol. The molecule has 0 aliphatic rings. The average Bonchev–Trinajstić information content (AvgIpc) is 3.04. The van der Waals surface area contributed by atoms with Crippen LogP contribution in [0, 0.1) is 0 Å². The van der Waals surface area contributed by atoms with Crippen molar-refractivity contribution < 1.29 is 0 Å². The molecular weight excluding hydrogens is 316 g/mol.